The van der Waals surface area contributed by atoms with E-state index >= 15 is 0 Å². The standard InChI is InChI=1S/C10H14O2/c1-9(2)6-4-5-10(3,12)8(11)7(6)9/h12H,4-5H2,1-3H3. The second-order valence-corrected chi connectivity index (χ2v) is 4.58. The van der Waals surface area contributed by atoms with Gasteiger partial charge >= 0.3 is 0 Å². The van der Waals surface area contributed by atoms with E-state index in [-0.39, 0.29) is 11.2 Å². The van der Waals surface area contributed by atoms with Crippen LogP contribution < -0.4 is 0 Å². The Kier molecular flexibility index (Phi) is 1.21. The molecule has 0 fully saturated rings. The number of Topliss-reactive ketones (excluding diaryl/α,β-unsaturated/α-hetero) is 1. The number of hydrogen-bond donors (Lipinski definition) is 1. The highest BCUT2D eigenvalue weighted by Gasteiger charge is 2.55. The molecule has 0 aliphatic heterocycles. The first-order chi connectivity index (χ1) is 5.37. The van der Waals surface area contributed by atoms with Gasteiger partial charge in [-0.1, -0.05) is 19.4 Å². The molecule has 1 N–H and O–H groups in total. The van der Waals surface area contributed by atoms with Crippen LogP contribution in [0.1, 0.15) is 33.6 Å². The van der Waals surface area contributed by atoms with Crippen LogP contribution in [0.25, 0.3) is 0 Å². The topological polar surface area (TPSA) is 37.3 Å². The van der Waals surface area contributed by atoms with E-state index in [1.165, 1.54) is 5.57 Å². The third kappa shape index (κ3) is 0.761. The van der Waals surface area contributed by atoms with Crippen LogP contribution in [-0.4, -0.2) is 16.5 Å². The molecular weight excluding hydrogens is 152 g/mol. The van der Waals surface area contributed by atoms with Crippen molar-refractivity contribution in [2.24, 2.45) is 5.41 Å². The molecule has 66 valence electrons. The maximum absolute atomic E-state index is 11.6. The summed E-state index contributed by atoms with van der Waals surface area (Å²) in [5.41, 5.74) is 1.06. The van der Waals surface area contributed by atoms with Gasteiger partial charge in [-0.05, 0) is 19.8 Å². The summed E-state index contributed by atoms with van der Waals surface area (Å²) in [6, 6.07) is 0. The van der Waals surface area contributed by atoms with Gasteiger partial charge in [0.25, 0.3) is 0 Å². The quantitative estimate of drug-likeness (QED) is 0.591. The highest BCUT2D eigenvalue weighted by Crippen LogP contribution is 2.58. The van der Waals surface area contributed by atoms with Gasteiger partial charge in [0.05, 0.1) is 0 Å². The van der Waals surface area contributed by atoms with E-state index in [4.69, 9.17) is 0 Å². The molecule has 0 bridgehead atoms. The number of allylic oxidation sites excluding steroid dienone is 1. The Morgan fingerprint density at radius 2 is 1.92 bits per heavy atom. The molecule has 0 amide bonds. The van der Waals surface area contributed by atoms with Crippen molar-refractivity contribution in [2.45, 2.75) is 39.2 Å². The predicted octanol–water partition coefficient (Wildman–Crippen LogP) is 1.44. The van der Waals surface area contributed by atoms with Crippen molar-refractivity contribution in [3.8, 4) is 0 Å². The fourth-order valence-electron chi connectivity index (χ4n) is 2.16. The first-order valence-electron chi connectivity index (χ1n) is 4.38. The van der Waals surface area contributed by atoms with E-state index in [2.05, 4.69) is 13.8 Å². The van der Waals surface area contributed by atoms with Gasteiger partial charge < -0.3 is 5.11 Å². The lowest BCUT2D eigenvalue weighted by Gasteiger charge is -2.21. The van der Waals surface area contributed by atoms with Gasteiger partial charge in [0.1, 0.15) is 5.60 Å². The average Bonchev–Trinajstić information content (AvgIpc) is 2.46. The number of aliphatic hydroxyl groups is 1. The molecule has 12 heavy (non-hydrogen) atoms. The van der Waals surface area contributed by atoms with Gasteiger partial charge in [0, 0.05) is 11.0 Å². The molecule has 0 saturated carbocycles. The number of ketones is 1. The molecule has 0 aromatic rings. The molecule has 1 atom stereocenters. The summed E-state index contributed by atoms with van der Waals surface area (Å²) in [6.07, 6.45) is 1.48. The van der Waals surface area contributed by atoms with Crippen molar-refractivity contribution in [3.05, 3.63) is 11.1 Å². The Labute approximate surface area is 72.3 Å². The molecule has 2 aliphatic carbocycles. The lowest BCUT2D eigenvalue weighted by Crippen LogP contribution is -2.36. The second kappa shape index (κ2) is 1.82. The summed E-state index contributed by atoms with van der Waals surface area (Å²) in [5, 5.41) is 9.69. The van der Waals surface area contributed by atoms with E-state index in [9.17, 15) is 9.90 Å². The Balaban J connectivity index is 2.34. The zero-order chi connectivity index (χ0) is 9.15. The number of carbonyl (C=O) groups excluding carboxylic acids is 1. The molecule has 2 nitrogen and oxygen atoms in total. The third-order valence-electron chi connectivity index (χ3n) is 3.20. The molecule has 0 radical (unpaired) electrons. The number of rotatable bonds is 0. The summed E-state index contributed by atoms with van der Waals surface area (Å²) in [6.45, 7) is 5.72. The van der Waals surface area contributed by atoms with E-state index in [1.807, 2.05) is 0 Å². The van der Waals surface area contributed by atoms with Gasteiger partial charge in [-0.15, -0.1) is 0 Å². The van der Waals surface area contributed by atoms with Crippen molar-refractivity contribution in [1.29, 1.82) is 0 Å². The maximum Gasteiger partial charge on any atom is 0.190 e. The molecule has 0 aromatic heterocycles. The van der Waals surface area contributed by atoms with Gasteiger partial charge in [0.15, 0.2) is 5.78 Å². The van der Waals surface area contributed by atoms with Crippen LogP contribution in [0.4, 0.5) is 0 Å². The predicted molar refractivity (Wildman–Crippen MR) is 45.7 cm³/mol. The Morgan fingerprint density at radius 1 is 1.33 bits per heavy atom. The summed E-state index contributed by atoms with van der Waals surface area (Å²) in [7, 11) is 0. The zero-order valence-electron chi connectivity index (χ0n) is 7.77. The van der Waals surface area contributed by atoms with E-state index in [0.717, 1.165) is 12.0 Å². The first-order valence-corrected chi connectivity index (χ1v) is 4.38. The first kappa shape index (κ1) is 7.99. The summed E-state index contributed by atoms with van der Waals surface area (Å²) in [5.74, 6) is -0.0475. The zero-order valence-corrected chi connectivity index (χ0v) is 7.77. The normalized spacial score (nSPS) is 38.2. The van der Waals surface area contributed by atoms with Crippen LogP contribution >= 0.6 is 0 Å². The van der Waals surface area contributed by atoms with Crippen molar-refractivity contribution in [2.75, 3.05) is 0 Å². The van der Waals surface area contributed by atoms with E-state index in [1.54, 1.807) is 6.92 Å². The van der Waals surface area contributed by atoms with E-state index < -0.39 is 5.60 Å². The summed E-state index contributed by atoms with van der Waals surface area (Å²) in [4.78, 5) is 11.6. The van der Waals surface area contributed by atoms with Gasteiger partial charge in [0.2, 0.25) is 0 Å². The average molecular weight is 166 g/mol. The highest BCUT2D eigenvalue weighted by atomic mass is 16.3. The molecule has 2 rings (SSSR count). The van der Waals surface area contributed by atoms with Crippen LogP contribution in [0, 0.1) is 5.41 Å². The third-order valence-corrected chi connectivity index (χ3v) is 3.20. The smallest absolute Gasteiger partial charge is 0.190 e. The second-order valence-electron chi connectivity index (χ2n) is 4.58. The number of carbonyl (C=O) groups is 1. The summed E-state index contributed by atoms with van der Waals surface area (Å²) >= 11 is 0. The van der Waals surface area contributed by atoms with Crippen LogP contribution in [0.15, 0.2) is 11.1 Å². The summed E-state index contributed by atoms with van der Waals surface area (Å²) < 4.78 is 0. The van der Waals surface area contributed by atoms with Gasteiger partial charge in [-0.25, -0.2) is 0 Å². The van der Waals surface area contributed by atoms with Crippen LogP contribution in [0.3, 0.4) is 0 Å². The number of hydrogen-bond acceptors (Lipinski definition) is 2. The minimum Gasteiger partial charge on any atom is -0.382 e. The van der Waals surface area contributed by atoms with E-state index in [0.29, 0.717) is 6.42 Å². The Morgan fingerprint density at radius 3 is 2.42 bits per heavy atom. The highest BCUT2D eigenvalue weighted by molar-refractivity contribution is 6.09. The minimum atomic E-state index is -1.09. The largest absolute Gasteiger partial charge is 0.382 e. The Bertz CT molecular complexity index is 295. The van der Waals surface area contributed by atoms with Crippen LogP contribution in [0.2, 0.25) is 0 Å². The van der Waals surface area contributed by atoms with Gasteiger partial charge in [-0.2, -0.15) is 0 Å². The molecule has 2 aliphatic rings. The van der Waals surface area contributed by atoms with Crippen LogP contribution in [0.5, 0.6) is 0 Å². The molecule has 0 aromatic carbocycles. The minimum absolute atomic E-state index is 0.00241. The molecule has 1 unspecified atom stereocenters. The van der Waals surface area contributed by atoms with Crippen molar-refractivity contribution in [3.63, 3.8) is 0 Å². The van der Waals surface area contributed by atoms with Crippen molar-refractivity contribution in [1.82, 2.24) is 0 Å². The van der Waals surface area contributed by atoms with Crippen molar-refractivity contribution < 1.29 is 9.90 Å². The lowest BCUT2D eigenvalue weighted by atomic mass is 9.90. The molecule has 0 saturated heterocycles. The Hall–Kier alpha value is -0.630. The lowest BCUT2D eigenvalue weighted by molar-refractivity contribution is -0.132. The van der Waals surface area contributed by atoms with Crippen molar-refractivity contribution >= 4 is 5.78 Å². The monoisotopic (exact) mass is 166 g/mol. The fourth-order valence-corrected chi connectivity index (χ4v) is 2.16. The van der Waals surface area contributed by atoms with Crippen LogP contribution in [-0.2, 0) is 4.79 Å². The molecule has 0 heterocycles. The SMILES string of the molecule is CC1(O)CCC2=C(C1=O)C2(C)C. The molecular formula is C10H14O2. The fraction of sp³-hybridized carbons (Fsp3) is 0.700. The maximum atomic E-state index is 11.6. The molecule has 2 heteroatoms. The van der Waals surface area contributed by atoms with Gasteiger partial charge in [-0.3, -0.25) is 4.79 Å². The molecule has 0 spiro atoms.